The number of benzene rings is 2. The Morgan fingerprint density at radius 1 is 1.05 bits per heavy atom. The molecule has 21 heavy (non-hydrogen) atoms. The zero-order chi connectivity index (χ0) is 15.6. The molecule has 2 N–H and O–H groups in total. The quantitative estimate of drug-likeness (QED) is 0.813. The van der Waals surface area contributed by atoms with Crippen molar-refractivity contribution in [2.24, 2.45) is 5.73 Å². The lowest BCUT2D eigenvalue weighted by molar-refractivity contribution is 0.385. The molecule has 0 aromatic heterocycles. The minimum absolute atomic E-state index is 0.511. The Bertz CT molecular complexity index is 644. The first-order chi connectivity index (χ1) is 10.0. The van der Waals surface area contributed by atoms with Crippen LogP contribution >= 0.6 is 39.1 Å². The topological polar surface area (TPSA) is 44.5 Å². The zero-order valence-electron chi connectivity index (χ0n) is 11.5. The monoisotopic (exact) mass is 389 g/mol. The lowest BCUT2D eigenvalue weighted by Crippen LogP contribution is -2.14. The Labute approximate surface area is 142 Å². The highest BCUT2D eigenvalue weighted by Gasteiger charge is 2.22. The average Bonchev–Trinajstić information content (AvgIpc) is 2.46. The van der Waals surface area contributed by atoms with E-state index in [0.717, 1.165) is 5.56 Å². The summed E-state index contributed by atoms with van der Waals surface area (Å²) in [6.45, 7) is 0. The molecule has 2 rings (SSSR count). The molecule has 0 bridgehead atoms. The molecule has 1 atom stereocenters. The Balaban J connectivity index is 2.59. The van der Waals surface area contributed by atoms with E-state index in [0.29, 0.717) is 31.6 Å². The van der Waals surface area contributed by atoms with Crippen molar-refractivity contribution in [3.63, 3.8) is 0 Å². The van der Waals surface area contributed by atoms with Gasteiger partial charge in [-0.1, -0.05) is 29.3 Å². The summed E-state index contributed by atoms with van der Waals surface area (Å²) in [7, 11) is 3.16. The van der Waals surface area contributed by atoms with Gasteiger partial charge in [0.25, 0.3) is 0 Å². The van der Waals surface area contributed by atoms with Gasteiger partial charge < -0.3 is 15.2 Å². The van der Waals surface area contributed by atoms with Crippen LogP contribution in [0.2, 0.25) is 10.0 Å². The van der Waals surface area contributed by atoms with E-state index in [9.17, 15) is 0 Å². The van der Waals surface area contributed by atoms with Gasteiger partial charge in [-0.15, -0.1) is 0 Å². The molecule has 3 nitrogen and oxygen atoms in total. The van der Waals surface area contributed by atoms with E-state index in [1.165, 1.54) is 0 Å². The van der Waals surface area contributed by atoms with Gasteiger partial charge in [0.2, 0.25) is 0 Å². The third kappa shape index (κ3) is 3.14. The van der Waals surface area contributed by atoms with Crippen molar-refractivity contribution >= 4 is 39.1 Å². The summed E-state index contributed by atoms with van der Waals surface area (Å²) in [4.78, 5) is 0. The third-order valence-electron chi connectivity index (χ3n) is 3.16. The highest BCUT2D eigenvalue weighted by atomic mass is 79.9. The Morgan fingerprint density at radius 2 is 1.67 bits per heavy atom. The van der Waals surface area contributed by atoms with Crippen molar-refractivity contribution < 1.29 is 9.47 Å². The zero-order valence-corrected chi connectivity index (χ0v) is 14.6. The number of hydrogen-bond acceptors (Lipinski definition) is 3. The molecule has 0 spiro atoms. The lowest BCUT2D eigenvalue weighted by atomic mass is 9.98. The van der Waals surface area contributed by atoms with Crippen LogP contribution in [0.25, 0.3) is 0 Å². The molecule has 6 heteroatoms. The third-order valence-corrected chi connectivity index (χ3v) is 4.57. The maximum absolute atomic E-state index is 6.34. The predicted molar refractivity (Wildman–Crippen MR) is 89.7 cm³/mol. The molecule has 0 heterocycles. The molecule has 0 saturated carbocycles. The maximum atomic E-state index is 6.34. The SMILES string of the molecule is COc1ccc(C(N)c2c(Cl)cccc2Cl)c(OC)c1Br. The normalized spacial score (nSPS) is 12.1. The molecule has 0 saturated heterocycles. The summed E-state index contributed by atoms with van der Waals surface area (Å²) in [5, 5.41) is 1.04. The minimum atomic E-state index is -0.511. The second-order valence-corrected chi connectivity index (χ2v) is 5.92. The lowest BCUT2D eigenvalue weighted by Gasteiger charge is -2.20. The molecular weight excluding hydrogens is 377 g/mol. The van der Waals surface area contributed by atoms with Gasteiger partial charge in [0.1, 0.15) is 16.0 Å². The molecule has 2 aromatic carbocycles. The number of methoxy groups -OCH3 is 2. The van der Waals surface area contributed by atoms with Crippen LogP contribution in [0.15, 0.2) is 34.8 Å². The summed E-state index contributed by atoms with van der Waals surface area (Å²) >= 11 is 15.9. The second-order valence-electron chi connectivity index (χ2n) is 4.32. The number of hydrogen-bond donors (Lipinski definition) is 1. The molecule has 1 unspecified atom stereocenters. The van der Waals surface area contributed by atoms with Gasteiger partial charge in [0, 0.05) is 21.2 Å². The Hall–Kier alpha value is -0.940. The van der Waals surface area contributed by atoms with Gasteiger partial charge in [-0.2, -0.15) is 0 Å². The summed E-state index contributed by atoms with van der Waals surface area (Å²) in [5.74, 6) is 1.26. The fraction of sp³-hybridized carbons (Fsp3) is 0.200. The van der Waals surface area contributed by atoms with E-state index in [-0.39, 0.29) is 0 Å². The Kier molecular flexibility index (Phi) is 5.38. The molecule has 0 aliphatic rings. The van der Waals surface area contributed by atoms with Gasteiger partial charge in [0.15, 0.2) is 0 Å². The van der Waals surface area contributed by atoms with E-state index >= 15 is 0 Å². The van der Waals surface area contributed by atoms with Crippen LogP contribution in [0.4, 0.5) is 0 Å². The smallest absolute Gasteiger partial charge is 0.141 e. The first kappa shape index (κ1) is 16.4. The molecule has 2 aromatic rings. The first-order valence-electron chi connectivity index (χ1n) is 6.11. The van der Waals surface area contributed by atoms with E-state index in [4.69, 9.17) is 38.4 Å². The highest BCUT2D eigenvalue weighted by molar-refractivity contribution is 9.10. The number of rotatable bonds is 4. The molecule has 0 aliphatic heterocycles. The minimum Gasteiger partial charge on any atom is -0.495 e. The van der Waals surface area contributed by atoms with Gasteiger partial charge in [-0.25, -0.2) is 0 Å². The van der Waals surface area contributed by atoms with E-state index in [1.54, 1.807) is 32.4 Å². The van der Waals surface area contributed by atoms with Crippen molar-refractivity contribution in [2.75, 3.05) is 14.2 Å². The van der Waals surface area contributed by atoms with Crippen molar-refractivity contribution in [3.8, 4) is 11.5 Å². The fourth-order valence-electron chi connectivity index (χ4n) is 2.13. The largest absolute Gasteiger partial charge is 0.495 e. The summed E-state index contributed by atoms with van der Waals surface area (Å²) in [6, 6.07) is 8.44. The van der Waals surface area contributed by atoms with Gasteiger partial charge >= 0.3 is 0 Å². The molecule has 0 fully saturated rings. The van der Waals surface area contributed by atoms with E-state index in [2.05, 4.69) is 15.9 Å². The van der Waals surface area contributed by atoms with Crippen LogP contribution in [0.3, 0.4) is 0 Å². The number of ether oxygens (including phenoxy) is 2. The van der Waals surface area contributed by atoms with Crippen LogP contribution in [-0.2, 0) is 0 Å². The molecule has 0 amide bonds. The fourth-order valence-corrected chi connectivity index (χ4v) is 3.44. The summed E-state index contributed by atoms with van der Waals surface area (Å²) in [6.07, 6.45) is 0. The van der Waals surface area contributed by atoms with Crippen molar-refractivity contribution in [3.05, 3.63) is 56.0 Å². The van der Waals surface area contributed by atoms with Crippen molar-refractivity contribution in [2.45, 2.75) is 6.04 Å². The number of halogens is 3. The Morgan fingerprint density at radius 3 is 2.19 bits per heavy atom. The maximum Gasteiger partial charge on any atom is 0.141 e. The highest BCUT2D eigenvalue weighted by Crippen LogP contribution is 2.42. The van der Waals surface area contributed by atoms with Gasteiger partial charge in [0.05, 0.1) is 20.3 Å². The summed E-state index contributed by atoms with van der Waals surface area (Å²) in [5.41, 5.74) is 7.77. The molecule has 0 radical (unpaired) electrons. The average molecular weight is 391 g/mol. The van der Waals surface area contributed by atoms with E-state index in [1.807, 2.05) is 12.1 Å². The van der Waals surface area contributed by atoms with Crippen LogP contribution in [0.1, 0.15) is 17.2 Å². The van der Waals surface area contributed by atoms with Crippen LogP contribution < -0.4 is 15.2 Å². The van der Waals surface area contributed by atoms with Crippen molar-refractivity contribution in [1.29, 1.82) is 0 Å². The second kappa shape index (κ2) is 6.88. The summed E-state index contributed by atoms with van der Waals surface area (Å²) < 4.78 is 11.4. The van der Waals surface area contributed by atoms with E-state index < -0.39 is 6.04 Å². The van der Waals surface area contributed by atoms with Gasteiger partial charge in [-0.3, -0.25) is 0 Å². The van der Waals surface area contributed by atoms with Gasteiger partial charge in [-0.05, 0) is 40.2 Å². The molecule has 112 valence electrons. The number of nitrogens with two attached hydrogens (primary N) is 1. The molecule has 0 aliphatic carbocycles. The van der Waals surface area contributed by atoms with Crippen LogP contribution in [0, 0.1) is 0 Å². The molecular formula is C15H14BrCl2NO2. The van der Waals surface area contributed by atoms with Crippen LogP contribution in [0.5, 0.6) is 11.5 Å². The standard InChI is InChI=1S/C15H14BrCl2NO2/c1-20-11-7-6-8(15(21-2)13(11)16)14(19)12-9(17)4-3-5-10(12)18/h3-7,14H,19H2,1-2H3. The first-order valence-corrected chi connectivity index (χ1v) is 7.66. The predicted octanol–water partition coefficient (Wildman–Crippen LogP) is 4.82. The van der Waals surface area contributed by atoms with Crippen molar-refractivity contribution in [1.82, 2.24) is 0 Å². The van der Waals surface area contributed by atoms with Crippen LogP contribution in [-0.4, -0.2) is 14.2 Å².